The van der Waals surface area contributed by atoms with Crippen molar-refractivity contribution >= 4 is 11.6 Å². The van der Waals surface area contributed by atoms with Gasteiger partial charge in [-0.15, -0.1) is 0 Å². The maximum atomic E-state index is 11.3. The molecule has 0 aliphatic heterocycles. The molecule has 0 aromatic heterocycles. The minimum absolute atomic E-state index is 0.100. The number of hydrogen-bond donors (Lipinski definition) is 1. The summed E-state index contributed by atoms with van der Waals surface area (Å²) in [7, 11) is 0. The topological polar surface area (TPSA) is 55.5 Å². The van der Waals surface area contributed by atoms with Crippen LogP contribution in [-0.2, 0) is 4.79 Å². The van der Waals surface area contributed by atoms with E-state index in [-0.39, 0.29) is 11.8 Å². The molecule has 2 N–H and O–H groups in total. The Morgan fingerprint density at radius 1 is 1.25 bits per heavy atom. The molecular formula is C13H20N2O. The molecule has 0 bridgehead atoms. The summed E-state index contributed by atoms with van der Waals surface area (Å²) in [6.07, 6.45) is 11.0. The van der Waals surface area contributed by atoms with Gasteiger partial charge in [0.25, 0.3) is 0 Å². The average molecular weight is 220 g/mol. The van der Waals surface area contributed by atoms with Gasteiger partial charge in [0.15, 0.2) is 0 Å². The lowest BCUT2D eigenvalue weighted by molar-refractivity contribution is -0.120. The third-order valence-electron chi connectivity index (χ3n) is 3.48. The highest BCUT2D eigenvalue weighted by molar-refractivity contribution is 6.04. The Bertz CT molecular complexity index is 331. The molecule has 1 unspecified atom stereocenters. The van der Waals surface area contributed by atoms with Crippen molar-refractivity contribution in [1.82, 2.24) is 0 Å². The molecule has 3 nitrogen and oxygen atoms in total. The van der Waals surface area contributed by atoms with Crippen LogP contribution in [0.5, 0.6) is 0 Å². The molecule has 16 heavy (non-hydrogen) atoms. The number of rotatable bonds is 2. The molecule has 0 aromatic carbocycles. The second kappa shape index (κ2) is 5.28. The van der Waals surface area contributed by atoms with Crippen LogP contribution in [0.2, 0.25) is 0 Å². The minimum atomic E-state index is -0.199. The highest BCUT2D eigenvalue weighted by atomic mass is 16.1. The number of carbonyl (C=O) groups excluding carboxylic acids is 1. The first-order chi connectivity index (χ1) is 7.77. The molecular weight excluding hydrogens is 200 g/mol. The van der Waals surface area contributed by atoms with Gasteiger partial charge in [-0.3, -0.25) is 9.79 Å². The zero-order chi connectivity index (χ0) is 11.4. The predicted octanol–water partition coefficient (Wildman–Crippen LogP) is 2.56. The lowest BCUT2D eigenvalue weighted by Gasteiger charge is -2.22. The molecule has 2 aliphatic rings. The molecule has 2 rings (SSSR count). The van der Waals surface area contributed by atoms with Gasteiger partial charge >= 0.3 is 0 Å². The Morgan fingerprint density at radius 3 is 2.75 bits per heavy atom. The number of primary amides is 1. The largest absolute Gasteiger partial charge is 0.369 e. The molecule has 0 radical (unpaired) electrons. The minimum Gasteiger partial charge on any atom is -0.369 e. The van der Waals surface area contributed by atoms with Gasteiger partial charge in [0.1, 0.15) is 0 Å². The molecule has 0 heterocycles. The SMILES string of the molecule is NC(=O)C1CCCCC1=NC1=CCCCC1. The molecule has 0 spiro atoms. The summed E-state index contributed by atoms with van der Waals surface area (Å²) in [5, 5.41) is 0. The van der Waals surface area contributed by atoms with Crippen molar-refractivity contribution in [2.45, 2.75) is 51.4 Å². The van der Waals surface area contributed by atoms with Crippen molar-refractivity contribution in [2.75, 3.05) is 0 Å². The van der Waals surface area contributed by atoms with E-state index in [0.717, 1.165) is 44.2 Å². The van der Waals surface area contributed by atoms with Crippen molar-refractivity contribution in [3.63, 3.8) is 0 Å². The fourth-order valence-corrected chi connectivity index (χ4v) is 2.54. The van der Waals surface area contributed by atoms with E-state index in [1.165, 1.54) is 18.5 Å². The molecule has 88 valence electrons. The van der Waals surface area contributed by atoms with Gasteiger partial charge in [-0.1, -0.05) is 12.5 Å². The predicted molar refractivity (Wildman–Crippen MR) is 65.1 cm³/mol. The molecule has 0 saturated heterocycles. The van der Waals surface area contributed by atoms with Gasteiger partial charge in [-0.05, 0) is 44.9 Å². The summed E-state index contributed by atoms with van der Waals surface area (Å²) in [6, 6.07) is 0. The lowest BCUT2D eigenvalue weighted by atomic mass is 9.86. The number of carbonyl (C=O) groups is 1. The van der Waals surface area contributed by atoms with Crippen LogP contribution in [0.4, 0.5) is 0 Å². The Labute approximate surface area is 96.8 Å². The molecule has 1 fully saturated rings. The van der Waals surface area contributed by atoms with Crippen LogP contribution in [-0.4, -0.2) is 11.6 Å². The van der Waals surface area contributed by atoms with Gasteiger partial charge < -0.3 is 5.73 Å². The maximum absolute atomic E-state index is 11.3. The molecule has 3 heteroatoms. The van der Waals surface area contributed by atoms with Crippen LogP contribution >= 0.6 is 0 Å². The summed E-state index contributed by atoms with van der Waals surface area (Å²) >= 11 is 0. The third-order valence-corrected chi connectivity index (χ3v) is 3.48. The fourth-order valence-electron chi connectivity index (χ4n) is 2.54. The molecule has 2 aliphatic carbocycles. The van der Waals surface area contributed by atoms with Gasteiger partial charge in [0, 0.05) is 11.4 Å². The van der Waals surface area contributed by atoms with Gasteiger partial charge in [0.05, 0.1) is 5.92 Å². The first-order valence-electron chi connectivity index (χ1n) is 6.33. The fraction of sp³-hybridized carbons (Fsp3) is 0.692. The quantitative estimate of drug-likeness (QED) is 0.764. The smallest absolute Gasteiger partial charge is 0.226 e. The van der Waals surface area contributed by atoms with Crippen LogP contribution < -0.4 is 5.73 Å². The number of amides is 1. The lowest BCUT2D eigenvalue weighted by Crippen LogP contribution is -2.32. The zero-order valence-corrected chi connectivity index (χ0v) is 9.74. The van der Waals surface area contributed by atoms with Crippen LogP contribution in [0.25, 0.3) is 0 Å². The number of allylic oxidation sites excluding steroid dienone is 2. The summed E-state index contributed by atoms with van der Waals surface area (Å²) in [6.45, 7) is 0. The number of aliphatic imine (C=N–C) groups is 1. The summed E-state index contributed by atoms with van der Waals surface area (Å²) < 4.78 is 0. The average Bonchev–Trinajstić information content (AvgIpc) is 2.31. The Kier molecular flexibility index (Phi) is 3.75. The molecule has 1 saturated carbocycles. The molecule has 0 aromatic rings. The molecule has 1 atom stereocenters. The van der Waals surface area contributed by atoms with E-state index in [9.17, 15) is 4.79 Å². The van der Waals surface area contributed by atoms with Gasteiger partial charge in [-0.25, -0.2) is 0 Å². The van der Waals surface area contributed by atoms with E-state index in [0.29, 0.717) is 0 Å². The van der Waals surface area contributed by atoms with E-state index in [4.69, 9.17) is 5.73 Å². The van der Waals surface area contributed by atoms with Crippen molar-refractivity contribution in [3.05, 3.63) is 11.8 Å². The highest BCUT2D eigenvalue weighted by Crippen LogP contribution is 2.25. The van der Waals surface area contributed by atoms with Gasteiger partial charge in [-0.2, -0.15) is 0 Å². The van der Waals surface area contributed by atoms with Crippen LogP contribution in [0.3, 0.4) is 0 Å². The van der Waals surface area contributed by atoms with Crippen molar-refractivity contribution < 1.29 is 4.79 Å². The van der Waals surface area contributed by atoms with E-state index in [1.807, 2.05) is 0 Å². The van der Waals surface area contributed by atoms with Crippen LogP contribution in [0, 0.1) is 5.92 Å². The number of hydrogen-bond acceptors (Lipinski definition) is 2. The first kappa shape index (κ1) is 11.4. The molecule has 1 amide bonds. The Morgan fingerprint density at radius 2 is 2.06 bits per heavy atom. The summed E-state index contributed by atoms with van der Waals surface area (Å²) in [4.78, 5) is 16.0. The monoisotopic (exact) mass is 220 g/mol. The standard InChI is InChI=1S/C13H20N2O/c14-13(16)11-8-4-5-9-12(11)15-10-6-2-1-3-7-10/h6,11H,1-5,7-9H2,(H2,14,16). The maximum Gasteiger partial charge on any atom is 0.226 e. The van der Waals surface area contributed by atoms with Crippen molar-refractivity contribution in [3.8, 4) is 0 Å². The Hall–Kier alpha value is -1.12. The van der Waals surface area contributed by atoms with E-state index < -0.39 is 0 Å². The number of nitrogens with two attached hydrogens (primary N) is 1. The van der Waals surface area contributed by atoms with E-state index in [1.54, 1.807) is 0 Å². The van der Waals surface area contributed by atoms with Crippen molar-refractivity contribution in [2.24, 2.45) is 16.6 Å². The third kappa shape index (κ3) is 2.71. The first-order valence-corrected chi connectivity index (χ1v) is 6.33. The van der Waals surface area contributed by atoms with Crippen LogP contribution in [0.15, 0.2) is 16.8 Å². The second-order valence-electron chi connectivity index (χ2n) is 4.75. The zero-order valence-electron chi connectivity index (χ0n) is 9.74. The van der Waals surface area contributed by atoms with Crippen LogP contribution in [0.1, 0.15) is 51.4 Å². The number of nitrogens with zero attached hydrogens (tertiary/aromatic N) is 1. The Balaban J connectivity index is 2.12. The van der Waals surface area contributed by atoms with E-state index in [2.05, 4.69) is 11.1 Å². The van der Waals surface area contributed by atoms with Crippen molar-refractivity contribution in [1.29, 1.82) is 0 Å². The summed E-state index contributed by atoms with van der Waals surface area (Å²) in [5.74, 6) is -0.300. The second-order valence-corrected chi connectivity index (χ2v) is 4.75. The van der Waals surface area contributed by atoms with Gasteiger partial charge in [0.2, 0.25) is 5.91 Å². The highest BCUT2D eigenvalue weighted by Gasteiger charge is 2.25. The van der Waals surface area contributed by atoms with E-state index >= 15 is 0 Å². The summed E-state index contributed by atoms with van der Waals surface area (Å²) in [5.41, 5.74) is 7.63. The normalized spacial score (nSPS) is 28.9.